The molecule has 1 aromatic heterocycles. The summed E-state index contributed by atoms with van der Waals surface area (Å²) in [6, 6.07) is 27.3. The van der Waals surface area contributed by atoms with Crippen LogP contribution in [0.3, 0.4) is 0 Å². The number of aromatic amines is 1. The molecule has 4 aromatic carbocycles. The van der Waals surface area contributed by atoms with Crippen LogP contribution in [0.4, 0.5) is 5.69 Å². The van der Waals surface area contributed by atoms with Gasteiger partial charge in [-0.05, 0) is 95.6 Å². The standard InChI is InChI=1S/C33H33N3O3/c1-20-5-3-6-21(2)32(20)25-8-4-7-23(17-25)24-10-9-22(28(34)18-24)15-16-35-19-30(38)26-11-13-29(37)33-27(26)12-14-31(39)36-33/h3-14,17-18,30,35,37-38H,15-16,19,34H2,1-2H3,(H,36,39)/t30-/m0/s1. The number of nitrogen functional groups attached to an aromatic ring is 1. The number of aromatic hydroxyl groups is 1. The number of nitrogens with one attached hydrogen (secondary N) is 2. The minimum absolute atomic E-state index is 0.0254. The van der Waals surface area contributed by atoms with Gasteiger partial charge in [0, 0.05) is 23.7 Å². The zero-order valence-corrected chi connectivity index (χ0v) is 22.2. The Morgan fingerprint density at radius 3 is 2.36 bits per heavy atom. The smallest absolute Gasteiger partial charge is 0.248 e. The topological polar surface area (TPSA) is 111 Å². The molecule has 0 saturated heterocycles. The SMILES string of the molecule is Cc1cccc(C)c1-c1cccc(-c2ccc(CCNC[C@H](O)c3ccc(O)c4[nH]c(=O)ccc34)c(N)c2)c1. The summed E-state index contributed by atoms with van der Waals surface area (Å²) in [6.07, 6.45) is -0.0897. The Kier molecular flexibility index (Phi) is 7.50. The molecule has 198 valence electrons. The van der Waals surface area contributed by atoms with Gasteiger partial charge in [-0.3, -0.25) is 4.79 Å². The van der Waals surface area contributed by atoms with Crippen molar-refractivity contribution in [3.63, 3.8) is 0 Å². The molecular weight excluding hydrogens is 486 g/mol. The molecule has 0 aliphatic rings. The van der Waals surface area contributed by atoms with Gasteiger partial charge in [0.1, 0.15) is 5.75 Å². The maximum Gasteiger partial charge on any atom is 0.248 e. The number of aromatic nitrogens is 1. The highest BCUT2D eigenvalue weighted by Gasteiger charge is 2.14. The molecule has 6 nitrogen and oxygen atoms in total. The van der Waals surface area contributed by atoms with Crippen LogP contribution in [0.1, 0.15) is 28.4 Å². The van der Waals surface area contributed by atoms with Gasteiger partial charge in [0.05, 0.1) is 11.6 Å². The van der Waals surface area contributed by atoms with E-state index in [0.29, 0.717) is 36.0 Å². The largest absolute Gasteiger partial charge is 0.506 e. The summed E-state index contributed by atoms with van der Waals surface area (Å²) < 4.78 is 0. The summed E-state index contributed by atoms with van der Waals surface area (Å²) in [7, 11) is 0. The van der Waals surface area contributed by atoms with E-state index in [1.165, 1.54) is 34.4 Å². The van der Waals surface area contributed by atoms with Crippen LogP contribution in [-0.4, -0.2) is 28.3 Å². The number of hydrogen-bond donors (Lipinski definition) is 5. The lowest BCUT2D eigenvalue weighted by Crippen LogP contribution is -2.24. The Labute approximate surface area is 227 Å². The minimum atomic E-state index is -0.803. The van der Waals surface area contributed by atoms with Gasteiger partial charge in [-0.1, -0.05) is 54.6 Å². The molecule has 6 heteroatoms. The van der Waals surface area contributed by atoms with Crippen LogP contribution in [0.15, 0.2) is 89.7 Å². The number of H-pyrrole nitrogens is 1. The van der Waals surface area contributed by atoms with E-state index in [4.69, 9.17) is 5.73 Å². The molecule has 5 rings (SSSR count). The number of phenols is 1. The Balaban J connectivity index is 1.24. The van der Waals surface area contributed by atoms with Crippen molar-refractivity contribution in [2.24, 2.45) is 0 Å². The number of phenolic OH excluding ortho intramolecular Hbond substituents is 1. The average Bonchev–Trinajstić information content (AvgIpc) is 2.92. The average molecular weight is 520 g/mol. The number of nitrogens with two attached hydrogens (primary N) is 1. The first-order chi connectivity index (χ1) is 18.8. The van der Waals surface area contributed by atoms with E-state index in [2.05, 4.69) is 78.7 Å². The van der Waals surface area contributed by atoms with Gasteiger partial charge >= 0.3 is 0 Å². The van der Waals surface area contributed by atoms with E-state index in [9.17, 15) is 15.0 Å². The molecule has 1 atom stereocenters. The van der Waals surface area contributed by atoms with E-state index in [0.717, 1.165) is 22.4 Å². The van der Waals surface area contributed by atoms with Crippen molar-refractivity contribution in [2.75, 3.05) is 18.8 Å². The monoisotopic (exact) mass is 519 g/mol. The van der Waals surface area contributed by atoms with E-state index in [1.54, 1.807) is 12.1 Å². The minimum Gasteiger partial charge on any atom is -0.506 e. The fourth-order valence-electron chi connectivity index (χ4n) is 5.25. The van der Waals surface area contributed by atoms with Crippen LogP contribution < -0.4 is 16.6 Å². The summed E-state index contributed by atoms with van der Waals surface area (Å²) in [5, 5.41) is 24.7. The van der Waals surface area contributed by atoms with Gasteiger partial charge in [-0.15, -0.1) is 0 Å². The van der Waals surface area contributed by atoms with Crippen molar-refractivity contribution in [2.45, 2.75) is 26.4 Å². The fourth-order valence-corrected chi connectivity index (χ4v) is 5.25. The number of hydrogen-bond acceptors (Lipinski definition) is 5. The van der Waals surface area contributed by atoms with Crippen LogP contribution >= 0.6 is 0 Å². The van der Waals surface area contributed by atoms with Gasteiger partial charge in [0.2, 0.25) is 5.56 Å². The number of anilines is 1. The van der Waals surface area contributed by atoms with E-state index < -0.39 is 6.10 Å². The molecule has 39 heavy (non-hydrogen) atoms. The lowest BCUT2D eigenvalue weighted by molar-refractivity contribution is 0.176. The molecule has 0 fully saturated rings. The number of rotatable bonds is 8. The van der Waals surface area contributed by atoms with E-state index >= 15 is 0 Å². The first kappa shape index (κ1) is 26.2. The zero-order chi connectivity index (χ0) is 27.5. The zero-order valence-electron chi connectivity index (χ0n) is 22.2. The van der Waals surface area contributed by atoms with Crippen molar-refractivity contribution >= 4 is 16.6 Å². The highest BCUT2D eigenvalue weighted by atomic mass is 16.3. The summed E-state index contributed by atoms with van der Waals surface area (Å²) in [5.74, 6) is -0.0254. The molecule has 1 heterocycles. The summed E-state index contributed by atoms with van der Waals surface area (Å²) in [6.45, 7) is 5.24. The van der Waals surface area contributed by atoms with E-state index in [-0.39, 0.29) is 11.3 Å². The molecular formula is C33H33N3O3. The number of aryl methyl sites for hydroxylation is 2. The first-order valence-corrected chi connectivity index (χ1v) is 13.1. The highest BCUT2D eigenvalue weighted by Crippen LogP contribution is 2.32. The number of aliphatic hydroxyl groups excluding tert-OH is 1. The van der Waals surface area contributed by atoms with Crippen LogP contribution in [0, 0.1) is 13.8 Å². The quantitative estimate of drug-likeness (QED) is 0.135. The van der Waals surface area contributed by atoms with Crippen LogP contribution in [-0.2, 0) is 6.42 Å². The van der Waals surface area contributed by atoms with Gasteiger partial charge in [-0.2, -0.15) is 0 Å². The predicted molar refractivity (Wildman–Crippen MR) is 159 cm³/mol. The molecule has 0 unspecified atom stereocenters. The molecule has 0 radical (unpaired) electrons. The number of fused-ring (bicyclic) bond motifs is 1. The number of aliphatic hydroxyl groups is 1. The number of benzene rings is 4. The van der Waals surface area contributed by atoms with Gasteiger partial charge in [-0.25, -0.2) is 0 Å². The molecule has 0 aliphatic carbocycles. The van der Waals surface area contributed by atoms with Gasteiger partial charge in [0.25, 0.3) is 0 Å². The second kappa shape index (κ2) is 11.2. The van der Waals surface area contributed by atoms with Crippen molar-refractivity contribution in [3.05, 3.63) is 118 Å². The molecule has 5 aromatic rings. The third-order valence-electron chi connectivity index (χ3n) is 7.29. The van der Waals surface area contributed by atoms with Gasteiger partial charge < -0.3 is 26.2 Å². The second-order valence-corrected chi connectivity index (χ2v) is 10.0. The van der Waals surface area contributed by atoms with Crippen LogP contribution in [0.2, 0.25) is 0 Å². The van der Waals surface area contributed by atoms with E-state index in [1.807, 2.05) is 6.07 Å². The predicted octanol–water partition coefficient (Wildman–Crippen LogP) is 5.63. The summed E-state index contributed by atoms with van der Waals surface area (Å²) >= 11 is 0. The summed E-state index contributed by atoms with van der Waals surface area (Å²) in [5.41, 5.74) is 16.1. The second-order valence-electron chi connectivity index (χ2n) is 10.0. The molecule has 0 bridgehead atoms. The van der Waals surface area contributed by atoms with Crippen molar-refractivity contribution in [1.29, 1.82) is 0 Å². The third-order valence-corrected chi connectivity index (χ3v) is 7.29. The maximum absolute atomic E-state index is 11.6. The molecule has 6 N–H and O–H groups in total. The van der Waals surface area contributed by atoms with Crippen molar-refractivity contribution in [3.8, 4) is 28.0 Å². The molecule has 0 spiro atoms. The summed E-state index contributed by atoms with van der Waals surface area (Å²) in [4.78, 5) is 14.3. The molecule has 0 saturated carbocycles. The highest BCUT2D eigenvalue weighted by molar-refractivity contribution is 5.87. The Hall–Kier alpha value is -4.39. The Morgan fingerprint density at radius 2 is 1.59 bits per heavy atom. The van der Waals surface area contributed by atoms with Crippen LogP contribution in [0.25, 0.3) is 33.2 Å². The van der Waals surface area contributed by atoms with Crippen LogP contribution in [0.5, 0.6) is 5.75 Å². The Bertz CT molecular complexity index is 1690. The Morgan fingerprint density at radius 1 is 0.872 bits per heavy atom. The lowest BCUT2D eigenvalue weighted by atomic mass is 9.93. The number of pyridine rings is 1. The molecule has 0 aliphatic heterocycles. The van der Waals surface area contributed by atoms with Gasteiger partial charge in [0.15, 0.2) is 0 Å². The maximum atomic E-state index is 11.6. The third kappa shape index (κ3) is 5.58. The first-order valence-electron chi connectivity index (χ1n) is 13.1. The normalized spacial score (nSPS) is 12.1. The molecule has 0 amide bonds. The van der Waals surface area contributed by atoms with Crippen molar-refractivity contribution < 1.29 is 10.2 Å². The van der Waals surface area contributed by atoms with Crippen molar-refractivity contribution in [1.82, 2.24) is 10.3 Å². The fraction of sp³-hybridized carbons (Fsp3) is 0.182. The lowest BCUT2D eigenvalue weighted by Gasteiger charge is -2.16.